The van der Waals surface area contributed by atoms with Crippen molar-refractivity contribution in [2.45, 2.75) is 6.42 Å². The maximum Gasteiger partial charge on any atom is -0.000506 e. The summed E-state index contributed by atoms with van der Waals surface area (Å²) in [5.41, 5.74) is 1.50. The molecule has 0 saturated carbocycles. The lowest BCUT2D eigenvalue weighted by atomic mass is 9.91. The largest absolute Gasteiger partial charge is 0.316 e. The van der Waals surface area contributed by atoms with E-state index in [1.165, 1.54) is 35.8 Å². The minimum Gasteiger partial charge on any atom is -0.316 e. The first-order valence-electron chi connectivity index (χ1n) is 5.61. The van der Waals surface area contributed by atoms with Gasteiger partial charge in [-0.25, -0.2) is 0 Å². The molecule has 0 aliphatic carbocycles. The molecule has 1 aliphatic rings. The summed E-state index contributed by atoms with van der Waals surface area (Å²) in [5.74, 6) is 0.843. The highest BCUT2D eigenvalue weighted by Gasteiger charge is 2.17. The Morgan fingerprint density at radius 1 is 1.00 bits per heavy atom. The Hall–Kier alpha value is -1.34. The van der Waals surface area contributed by atoms with Crippen LogP contribution in [-0.2, 0) is 6.42 Å². The van der Waals surface area contributed by atoms with E-state index >= 15 is 0 Å². The minimum atomic E-state index is 0.843. The molecule has 3 rings (SSSR count). The van der Waals surface area contributed by atoms with Crippen LogP contribution in [0, 0.1) is 5.92 Å². The van der Waals surface area contributed by atoms with Crippen molar-refractivity contribution in [3.8, 4) is 0 Å². The van der Waals surface area contributed by atoms with Crippen molar-refractivity contribution in [2.75, 3.05) is 13.1 Å². The minimum absolute atomic E-state index is 0.843. The summed E-state index contributed by atoms with van der Waals surface area (Å²) in [6, 6.07) is 15.3. The average Bonchev–Trinajstić information content (AvgIpc) is 2.23. The van der Waals surface area contributed by atoms with Crippen molar-refractivity contribution < 1.29 is 0 Å². The first kappa shape index (κ1) is 8.93. The van der Waals surface area contributed by atoms with E-state index in [2.05, 4.69) is 47.8 Å². The summed E-state index contributed by atoms with van der Waals surface area (Å²) < 4.78 is 0. The van der Waals surface area contributed by atoms with Gasteiger partial charge in [0.25, 0.3) is 0 Å². The van der Waals surface area contributed by atoms with Crippen LogP contribution >= 0.6 is 0 Å². The van der Waals surface area contributed by atoms with Gasteiger partial charge in [-0.1, -0.05) is 42.5 Å². The molecule has 0 radical (unpaired) electrons. The fourth-order valence-corrected chi connectivity index (χ4v) is 2.27. The molecule has 1 fully saturated rings. The van der Waals surface area contributed by atoms with Gasteiger partial charge >= 0.3 is 0 Å². The third-order valence-corrected chi connectivity index (χ3v) is 3.25. The molecule has 1 N–H and O–H groups in total. The molecule has 1 heteroatoms. The molecule has 1 aliphatic heterocycles. The van der Waals surface area contributed by atoms with Gasteiger partial charge in [-0.05, 0) is 41.8 Å². The lowest BCUT2D eigenvalue weighted by Crippen LogP contribution is -2.43. The predicted molar refractivity (Wildman–Crippen MR) is 64.0 cm³/mol. The van der Waals surface area contributed by atoms with Crippen LogP contribution in [0.25, 0.3) is 10.8 Å². The molecule has 1 nitrogen and oxygen atoms in total. The number of nitrogens with one attached hydrogen (secondary N) is 1. The fraction of sp³-hybridized carbons (Fsp3) is 0.286. The zero-order valence-corrected chi connectivity index (χ0v) is 8.74. The summed E-state index contributed by atoms with van der Waals surface area (Å²) >= 11 is 0. The third kappa shape index (κ3) is 1.64. The Kier molecular flexibility index (Phi) is 2.18. The fourth-order valence-electron chi connectivity index (χ4n) is 2.27. The first-order valence-corrected chi connectivity index (χ1v) is 5.61. The number of hydrogen-bond donors (Lipinski definition) is 1. The van der Waals surface area contributed by atoms with Gasteiger partial charge in [-0.15, -0.1) is 0 Å². The van der Waals surface area contributed by atoms with Crippen LogP contribution in [0.15, 0.2) is 42.5 Å². The van der Waals surface area contributed by atoms with Crippen molar-refractivity contribution in [3.63, 3.8) is 0 Å². The summed E-state index contributed by atoms with van der Waals surface area (Å²) in [4.78, 5) is 0. The SMILES string of the molecule is c1ccc2c(CC3CNC3)cccc2c1. The number of rotatable bonds is 2. The van der Waals surface area contributed by atoms with Gasteiger partial charge in [-0.3, -0.25) is 0 Å². The molecule has 0 aromatic heterocycles. The van der Waals surface area contributed by atoms with E-state index in [1.54, 1.807) is 0 Å². The molecule has 0 spiro atoms. The van der Waals surface area contributed by atoms with Crippen molar-refractivity contribution in [2.24, 2.45) is 5.92 Å². The summed E-state index contributed by atoms with van der Waals surface area (Å²) in [7, 11) is 0. The van der Waals surface area contributed by atoms with Crippen LogP contribution in [0.1, 0.15) is 5.56 Å². The smallest absolute Gasteiger partial charge is 0.000506 e. The molecule has 1 saturated heterocycles. The van der Waals surface area contributed by atoms with Crippen LogP contribution in [-0.4, -0.2) is 13.1 Å². The molecule has 0 amide bonds. The van der Waals surface area contributed by atoms with Gasteiger partial charge in [0.15, 0.2) is 0 Å². The summed E-state index contributed by atoms with van der Waals surface area (Å²) in [6.07, 6.45) is 1.22. The van der Waals surface area contributed by atoms with Crippen LogP contribution in [0.2, 0.25) is 0 Å². The second-order valence-corrected chi connectivity index (χ2v) is 4.37. The maximum atomic E-state index is 3.33. The Bertz CT molecular complexity index is 466. The number of hydrogen-bond acceptors (Lipinski definition) is 1. The Balaban J connectivity index is 2.01. The van der Waals surface area contributed by atoms with Crippen LogP contribution in [0.3, 0.4) is 0 Å². The third-order valence-electron chi connectivity index (χ3n) is 3.25. The average molecular weight is 197 g/mol. The van der Waals surface area contributed by atoms with Crippen LogP contribution < -0.4 is 5.32 Å². The first-order chi connectivity index (χ1) is 7.43. The summed E-state index contributed by atoms with van der Waals surface area (Å²) in [6.45, 7) is 2.37. The quantitative estimate of drug-likeness (QED) is 0.780. The molecule has 2 aromatic carbocycles. The Morgan fingerprint density at radius 2 is 1.80 bits per heavy atom. The Labute approximate surface area is 90.1 Å². The second-order valence-electron chi connectivity index (χ2n) is 4.37. The zero-order valence-electron chi connectivity index (χ0n) is 8.74. The van der Waals surface area contributed by atoms with Crippen molar-refractivity contribution in [1.82, 2.24) is 5.32 Å². The molecule has 15 heavy (non-hydrogen) atoms. The van der Waals surface area contributed by atoms with Crippen molar-refractivity contribution in [3.05, 3.63) is 48.0 Å². The molecule has 1 heterocycles. The lowest BCUT2D eigenvalue weighted by molar-refractivity contribution is 0.347. The van der Waals surface area contributed by atoms with Gasteiger partial charge in [0.05, 0.1) is 0 Å². The summed E-state index contributed by atoms with van der Waals surface area (Å²) in [5, 5.41) is 6.12. The van der Waals surface area contributed by atoms with Gasteiger partial charge in [0, 0.05) is 0 Å². The van der Waals surface area contributed by atoms with E-state index in [1.807, 2.05) is 0 Å². The van der Waals surface area contributed by atoms with E-state index in [9.17, 15) is 0 Å². The second kappa shape index (κ2) is 3.67. The van der Waals surface area contributed by atoms with Gasteiger partial charge in [0.2, 0.25) is 0 Å². The highest BCUT2D eigenvalue weighted by atomic mass is 14.9. The molecular weight excluding hydrogens is 182 g/mol. The van der Waals surface area contributed by atoms with E-state index in [0.29, 0.717) is 0 Å². The molecule has 2 aromatic rings. The van der Waals surface area contributed by atoms with Gasteiger partial charge in [-0.2, -0.15) is 0 Å². The van der Waals surface area contributed by atoms with Crippen LogP contribution in [0.4, 0.5) is 0 Å². The topological polar surface area (TPSA) is 12.0 Å². The highest BCUT2D eigenvalue weighted by molar-refractivity contribution is 5.85. The van der Waals surface area contributed by atoms with Gasteiger partial charge in [0.1, 0.15) is 0 Å². The zero-order chi connectivity index (χ0) is 10.1. The Morgan fingerprint density at radius 3 is 2.60 bits per heavy atom. The monoisotopic (exact) mass is 197 g/mol. The van der Waals surface area contributed by atoms with Crippen molar-refractivity contribution >= 4 is 10.8 Å². The van der Waals surface area contributed by atoms with E-state index < -0.39 is 0 Å². The lowest BCUT2D eigenvalue weighted by Gasteiger charge is -2.27. The molecular formula is C14H15N. The van der Waals surface area contributed by atoms with Crippen LogP contribution in [0.5, 0.6) is 0 Å². The normalized spacial score (nSPS) is 16.5. The van der Waals surface area contributed by atoms with E-state index in [-0.39, 0.29) is 0 Å². The maximum absolute atomic E-state index is 3.33. The van der Waals surface area contributed by atoms with E-state index in [0.717, 1.165) is 5.92 Å². The number of fused-ring (bicyclic) bond motifs is 1. The van der Waals surface area contributed by atoms with Gasteiger partial charge < -0.3 is 5.32 Å². The molecule has 0 atom stereocenters. The predicted octanol–water partition coefficient (Wildman–Crippen LogP) is 2.60. The highest BCUT2D eigenvalue weighted by Crippen LogP contribution is 2.22. The van der Waals surface area contributed by atoms with E-state index in [4.69, 9.17) is 0 Å². The molecule has 76 valence electrons. The van der Waals surface area contributed by atoms with Crippen molar-refractivity contribution in [1.29, 1.82) is 0 Å². The molecule has 0 bridgehead atoms. The number of benzene rings is 2. The molecule has 0 unspecified atom stereocenters. The standard InChI is InChI=1S/C14H15N/c1-2-7-14-12(4-1)5-3-6-13(14)8-11-9-15-10-11/h1-7,11,15H,8-10H2.